The van der Waals surface area contributed by atoms with Crippen molar-refractivity contribution in [3.05, 3.63) is 12.2 Å². The lowest BCUT2D eigenvalue weighted by Crippen LogP contribution is -2.52. The monoisotopic (exact) mass is 256 g/mol. The molecule has 98 valence electrons. The standard InChI is InChI=1S/C16H16O3/c17-13-9-5-1-2-6(3-5)10(9)14(18)12-8-4-7(11(12)13)15-16(8)19-15/h1-2,5-12,15-16H,3-4H2/t5-,6+,7-,8-,9+,10+,11-,12+,15+,16+/m0/s1. The molecule has 4 saturated carbocycles. The minimum atomic E-state index is 0.0234. The van der Waals surface area contributed by atoms with E-state index >= 15 is 0 Å². The summed E-state index contributed by atoms with van der Waals surface area (Å²) in [4.78, 5) is 25.9. The van der Waals surface area contributed by atoms with E-state index in [1.807, 2.05) is 0 Å². The maximum Gasteiger partial charge on any atom is 0.141 e. The summed E-state index contributed by atoms with van der Waals surface area (Å²) in [7, 11) is 0. The Morgan fingerprint density at radius 3 is 1.84 bits per heavy atom. The van der Waals surface area contributed by atoms with Gasteiger partial charge in [-0.1, -0.05) is 12.2 Å². The lowest BCUT2D eigenvalue weighted by atomic mass is 9.59. The van der Waals surface area contributed by atoms with E-state index in [-0.39, 0.29) is 23.7 Å². The molecule has 19 heavy (non-hydrogen) atoms. The number of fused-ring (bicyclic) bond motifs is 13. The van der Waals surface area contributed by atoms with Crippen LogP contribution in [0, 0.1) is 47.3 Å². The van der Waals surface area contributed by atoms with Crippen LogP contribution in [0.3, 0.4) is 0 Å². The van der Waals surface area contributed by atoms with E-state index in [1.165, 1.54) is 0 Å². The summed E-state index contributed by atoms with van der Waals surface area (Å²) in [6, 6.07) is 0. The molecule has 10 atom stereocenters. The molecule has 3 nitrogen and oxygen atoms in total. The number of carbonyl (C=O) groups is 2. The fourth-order valence-electron chi connectivity index (χ4n) is 6.46. The van der Waals surface area contributed by atoms with Crippen LogP contribution in [0.4, 0.5) is 0 Å². The quantitative estimate of drug-likeness (QED) is 0.484. The number of ketones is 2. The van der Waals surface area contributed by atoms with Crippen LogP contribution in [0.5, 0.6) is 0 Å². The van der Waals surface area contributed by atoms with Gasteiger partial charge in [-0.25, -0.2) is 0 Å². The summed E-state index contributed by atoms with van der Waals surface area (Å²) in [6.07, 6.45) is 7.17. The predicted molar refractivity (Wildman–Crippen MR) is 65.0 cm³/mol. The smallest absolute Gasteiger partial charge is 0.141 e. The van der Waals surface area contributed by atoms with Crippen LogP contribution in [-0.2, 0) is 14.3 Å². The van der Waals surface area contributed by atoms with E-state index < -0.39 is 0 Å². The first-order valence-electron chi connectivity index (χ1n) is 7.67. The molecule has 3 heteroatoms. The summed E-state index contributed by atoms with van der Waals surface area (Å²) < 4.78 is 5.70. The maximum atomic E-state index is 12.9. The molecule has 0 N–H and O–H groups in total. The molecule has 0 aromatic carbocycles. The largest absolute Gasteiger partial charge is 0.369 e. The average Bonchev–Trinajstić information content (AvgIpc) is 2.83. The van der Waals surface area contributed by atoms with Crippen molar-refractivity contribution in [2.75, 3.05) is 0 Å². The van der Waals surface area contributed by atoms with Crippen LogP contribution < -0.4 is 0 Å². The van der Waals surface area contributed by atoms with Crippen molar-refractivity contribution in [1.29, 1.82) is 0 Å². The molecule has 4 bridgehead atoms. The molecule has 0 spiro atoms. The molecule has 1 saturated heterocycles. The van der Waals surface area contributed by atoms with Gasteiger partial charge in [-0.3, -0.25) is 9.59 Å². The zero-order valence-electron chi connectivity index (χ0n) is 10.6. The van der Waals surface area contributed by atoms with Gasteiger partial charge < -0.3 is 4.74 Å². The van der Waals surface area contributed by atoms with Gasteiger partial charge in [0.15, 0.2) is 0 Å². The molecule has 6 aliphatic rings. The molecule has 0 aromatic rings. The second-order valence-corrected chi connectivity index (χ2v) is 7.48. The van der Waals surface area contributed by atoms with Gasteiger partial charge in [0.05, 0.1) is 12.2 Å². The Kier molecular flexibility index (Phi) is 1.42. The predicted octanol–water partition coefficient (Wildman–Crippen LogP) is 1.23. The van der Waals surface area contributed by atoms with Gasteiger partial charge >= 0.3 is 0 Å². The highest BCUT2D eigenvalue weighted by atomic mass is 16.6. The fraction of sp³-hybridized carbons (Fsp3) is 0.750. The molecule has 5 fully saturated rings. The number of carbonyl (C=O) groups excluding carboxylic acids is 2. The highest BCUT2D eigenvalue weighted by molar-refractivity contribution is 6.02. The Morgan fingerprint density at radius 2 is 1.32 bits per heavy atom. The number of hydrogen-bond donors (Lipinski definition) is 0. The van der Waals surface area contributed by atoms with Gasteiger partial charge in [0.1, 0.15) is 11.6 Å². The summed E-state index contributed by atoms with van der Waals surface area (Å²) in [5, 5.41) is 0. The molecule has 0 amide bonds. The minimum absolute atomic E-state index is 0.0234. The highest BCUT2D eigenvalue weighted by Crippen LogP contribution is 2.67. The molecular weight excluding hydrogens is 240 g/mol. The lowest BCUT2D eigenvalue weighted by molar-refractivity contribution is -0.149. The van der Waals surface area contributed by atoms with Crippen molar-refractivity contribution in [2.45, 2.75) is 25.0 Å². The van der Waals surface area contributed by atoms with Gasteiger partial charge in [0.2, 0.25) is 0 Å². The summed E-state index contributed by atoms with van der Waals surface area (Å²) in [6.45, 7) is 0. The fourth-order valence-corrected chi connectivity index (χ4v) is 6.46. The van der Waals surface area contributed by atoms with E-state index in [2.05, 4.69) is 12.2 Å². The second kappa shape index (κ2) is 2.73. The van der Waals surface area contributed by atoms with E-state index in [0.29, 0.717) is 47.4 Å². The SMILES string of the molecule is O=C1[C@@H]2[C@@H]3C[C@H]([C@H]4O[C@H]34)[C@@H]2C(=O)[C@H]2[C@H]1[C@@H]1C=C[C@H]2C1. The Balaban J connectivity index is 1.50. The van der Waals surface area contributed by atoms with Crippen LogP contribution in [-0.4, -0.2) is 23.8 Å². The summed E-state index contributed by atoms with van der Waals surface area (Å²) >= 11 is 0. The van der Waals surface area contributed by atoms with Crippen molar-refractivity contribution >= 4 is 11.6 Å². The Labute approximate surface area is 111 Å². The van der Waals surface area contributed by atoms with Gasteiger partial charge in [-0.2, -0.15) is 0 Å². The molecule has 6 rings (SSSR count). The Hall–Kier alpha value is -0.960. The second-order valence-electron chi connectivity index (χ2n) is 7.48. The number of epoxide rings is 1. The van der Waals surface area contributed by atoms with Gasteiger partial charge in [0.25, 0.3) is 0 Å². The maximum absolute atomic E-state index is 12.9. The van der Waals surface area contributed by atoms with Crippen molar-refractivity contribution in [3.63, 3.8) is 0 Å². The van der Waals surface area contributed by atoms with Gasteiger partial charge in [-0.05, 0) is 36.5 Å². The third-order valence-corrected chi connectivity index (χ3v) is 7.03. The van der Waals surface area contributed by atoms with E-state index in [1.54, 1.807) is 0 Å². The molecule has 1 heterocycles. The van der Waals surface area contributed by atoms with E-state index in [4.69, 9.17) is 4.74 Å². The number of allylic oxidation sites excluding steroid dienone is 2. The van der Waals surface area contributed by atoms with Crippen LogP contribution >= 0.6 is 0 Å². The topological polar surface area (TPSA) is 46.7 Å². The summed E-state index contributed by atoms with van der Waals surface area (Å²) in [5.74, 6) is 2.43. The molecule has 0 aromatic heterocycles. The lowest BCUT2D eigenvalue weighted by Gasteiger charge is -2.40. The first-order valence-corrected chi connectivity index (χ1v) is 7.67. The van der Waals surface area contributed by atoms with Crippen LogP contribution in [0.25, 0.3) is 0 Å². The van der Waals surface area contributed by atoms with Crippen LogP contribution in [0.1, 0.15) is 12.8 Å². The van der Waals surface area contributed by atoms with Crippen molar-refractivity contribution in [2.24, 2.45) is 47.3 Å². The number of rotatable bonds is 0. The van der Waals surface area contributed by atoms with Crippen molar-refractivity contribution in [3.8, 4) is 0 Å². The van der Waals surface area contributed by atoms with Crippen LogP contribution in [0.2, 0.25) is 0 Å². The molecule has 0 radical (unpaired) electrons. The normalized spacial score (nSPS) is 66.3. The van der Waals surface area contributed by atoms with Gasteiger partial charge in [-0.15, -0.1) is 0 Å². The first kappa shape index (κ1) is 9.87. The number of ether oxygens (including phenoxy) is 1. The van der Waals surface area contributed by atoms with Crippen LogP contribution in [0.15, 0.2) is 12.2 Å². The Bertz CT molecular complexity index is 518. The third-order valence-electron chi connectivity index (χ3n) is 7.03. The van der Waals surface area contributed by atoms with Crippen molar-refractivity contribution in [1.82, 2.24) is 0 Å². The molecule has 0 unspecified atom stereocenters. The molecule has 5 aliphatic carbocycles. The first-order chi connectivity index (χ1) is 9.25. The van der Waals surface area contributed by atoms with E-state index in [0.717, 1.165) is 12.8 Å². The average molecular weight is 256 g/mol. The Morgan fingerprint density at radius 1 is 0.789 bits per heavy atom. The number of Topliss-reactive ketones (excluding diaryl/α,β-unsaturated/α-hetero) is 2. The summed E-state index contributed by atoms with van der Waals surface area (Å²) in [5.41, 5.74) is 0. The van der Waals surface area contributed by atoms with Gasteiger partial charge in [0, 0.05) is 23.7 Å². The zero-order valence-corrected chi connectivity index (χ0v) is 10.6. The zero-order chi connectivity index (χ0) is 12.5. The molecular formula is C16H16O3. The highest BCUT2D eigenvalue weighted by Gasteiger charge is 2.74. The minimum Gasteiger partial charge on any atom is -0.369 e. The third kappa shape index (κ3) is 0.884. The van der Waals surface area contributed by atoms with Crippen molar-refractivity contribution < 1.29 is 14.3 Å². The number of hydrogen-bond acceptors (Lipinski definition) is 3. The molecule has 1 aliphatic heterocycles. The van der Waals surface area contributed by atoms with E-state index in [9.17, 15) is 9.59 Å².